The lowest BCUT2D eigenvalue weighted by Crippen LogP contribution is -2.06. The van der Waals surface area contributed by atoms with Crippen LogP contribution in [0.25, 0.3) is 0 Å². The zero-order valence-corrected chi connectivity index (χ0v) is 12.7. The van der Waals surface area contributed by atoms with Crippen molar-refractivity contribution in [2.45, 2.75) is 9.79 Å². The highest BCUT2D eigenvalue weighted by atomic mass is 32.2. The van der Waals surface area contributed by atoms with Gasteiger partial charge in [-0.15, -0.1) is 23.5 Å². The van der Waals surface area contributed by atoms with Crippen molar-refractivity contribution >= 4 is 29.3 Å². The standard InChI is InChI=1S/C15H10F4OS2/c16-10-3-1-4-11(17)14(10)21-7-9(20)8-22-15-12(18)5-2-6-13(15)19/h1-6H,7-8H2. The molecule has 0 spiro atoms. The van der Waals surface area contributed by atoms with Crippen LogP contribution in [-0.2, 0) is 4.79 Å². The molecule has 2 aromatic rings. The van der Waals surface area contributed by atoms with Gasteiger partial charge in [-0.3, -0.25) is 4.79 Å². The third kappa shape index (κ3) is 4.27. The van der Waals surface area contributed by atoms with Crippen molar-refractivity contribution in [3.05, 3.63) is 59.7 Å². The lowest BCUT2D eigenvalue weighted by atomic mass is 10.3. The summed E-state index contributed by atoms with van der Waals surface area (Å²) in [7, 11) is 0. The lowest BCUT2D eigenvalue weighted by Gasteiger charge is -2.05. The second-order valence-corrected chi connectivity index (χ2v) is 6.19. The summed E-state index contributed by atoms with van der Waals surface area (Å²) >= 11 is 1.45. The van der Waals surface area contributed by atoms with E-state index in [2.05, 4.69) is 0 Å². The Balaban J connectivity index is 1.91. The highest BCUT2D eigenvalue weighted by Crippen LogP contribution is 2.27. The van der Waals surface area contributed by atoms with Gasteiger partial charge in [-0.2, -0.15) is 0 Å². The number of hydrogen-bond acceptors (Lipinski definition) is 3. The number of thioether (sulfide) groups is 2. The maximum atomic E-state index is 13.4. The topological polar surface area (TPSA) is 17.1 Å². The molecule has 0 atom stereocenters. The minimum absolute atomic E-state index is 0.180. The van der Waals surface area contributed by atoms with Gasteiger partial charge >= 0.3 is 0 Å². The summed E-state index contributed by atoms with van der Waals surface area (Å²) in [4.78, 5) is 11.2. The minimum atomic E-state index is -0.745. The van der Waals surface area contributed by atoms with Crippen molar-refractivity contribution < 1.29 is 22.4 Å². The van der Waals surface area contributed by atoms with Crippen molar-refractivity contribution in [3.8, 4) is 0 Å². The molecular formula is C15H10F4OS2. The van der Waals surface area contributed by atoms with Gasteiger partial charge in [0.05, 0.1) is 21.3 Å². The summed E-state index contributed by atoms with van der Waals surface area (Å²) in [6.07, 6.45) is 0. The maximum absolute atomic E-state index is 13.4. The van der Waals surface area contributed by atoms with Crippen LogP contribution in [-0.4, -0.2) is 17.3 Å². The Bertz CT molecular complexity index is 593. The van der Waals surface area contributed by atoms with Crippen LogP contribution in [0.15, 0.2) is 46.2 Å². The Morgan fingerprint density at radius 2 is 1.05 bits per heavy atom. The highest BCUT2D eigenvalue weighted by molar-refractivity contribution is 8.01. The summed E-state index contributed by atoms with van der Waals surface area (Å²) in [5.74, 6) is -3.71. The summed E-state index contributed by atoms with van der Waals surface area (Å²) < 4.78 is 53.5. The van der Waals surface area contributed by atoms with Crippen molar-refractivity contribution in [1.82, 2.24) is 0 Å². The molecule has 0 aliphatic rings. The molecule has 0 fully saturated rings. The maximum Gasteiger partial charge on any atom is 0.153 e. The van der Waals surface area contributed by atoms with Gasteiger partial charge in [-0.25, -0.2) is 17.6 Å². The van der Waals surface area contributed by atoms with Crippen molar-refractivity contribution in [1.29, 1.82) is 0 Å². The summed E-state index contributed by atoms with van der Waals surface area (Å²) in [6.45, 7) is 0. The third-order valence-corrected chi connectivity index (χ3v) is 4.88. The molecule has 0 amide bonds. The minimum Gasteiger partial charge on any atom is -0.298 e. The van der Waals surface area contributed by atoms with Gasteiger partial charge in [0.15, 0.2) is 5.78 Å². The number of ketones is 1. The average Bonchev–Trinajstić information content (AvgIpc) is 2.46. The molecule has 22 heavy (non-hydrogen) atoms. The van der Waals surface area contributed by atoms with Crippen molar-refractivity contribution in [3.63, 3.8) is 0 Å². The number of halogens is 4. The van der Waals surface area contributed by atoms with Crippen LogP contribution in [0.3, 0.4) is 0 Å². The Hall–Kier alpha value is -1.47. The molecule has 0 bridgehead atoms. The van der Waals surface area contributed by atoms with Crippen LogP contribution >= 0.6 is 23.5 Å². The Labute approximate surface area is 133 Å². The summed E-state index contributed by atoms with van der Waals surface area (Å²) in [5.41, 5.74) is 0. The molecule has 1 nitrogen and oxygen atoms in total. The number of Topliss-reactive ketones (excluding diaryl/α,β-unsaturated/α-hetero) is 1. The largest absolute Gasteiger partial charge is 0.298 e. The summed E-state index contributed by atoms with van der Waals surface area (Å²) in [5, 5.41) is 0. The number of benzene rings is 2. The lowest BCUT2D eigenvalue weighted by molar-refractivity contribution is -0.114. The van der Waals surface area contributed by atoms with Crippen molar-refractivity contribution in [2.24, 2.45) is 0 Å². The molecule has 0 N–H and O–H groups in total. The van der Waals surface area contributed by atoms with Gasteiger partial charge in [0.2, 0.25) is 0 Å². The first-order valence-corrected chi connectivity index (χ1v) is 8.11. The van der Waals surface area contributed by atoms with E-state index in [1.165, 1.54) is 12.1 Å². The fourth-order valence-electron chi connectivity index (χ4n) is 1.59. The van der Waals surface area contributed by atoms with Crippen LogP contribution < -0.4 is 0 Å². The van der Waals surface area contributed by atoms with E-state index in [-0.39, 0.29) is 27.1 Å². The molecule has 0 radical (unpaired) electrons. The van der Waals surface area contributed by atoms with E-state index in [9.17, 15) is 22.4 Å². The zero-order chi connectivity index (χ0) is 16.1. The van der Waals surface area contributed by atoms with Gasteiger partial charge in [-0.1, -0.05) is 12.1 Å². The zero-order valence-electron chi connectivity index (χ0n) is 11.1. The molecule has 2 aromatic carbocycles. The molecule has 116 valence electrons. The first-order valence-electron chi connectivity index (χ1n) is 6.14. The van der Waals surface area contributed by atoms with Crippen molar-refractivity contribution in [2.75, 3.05) is 11.5 Å². The predicted octanol–water partition coefficient (Wildman–Crippen LogP) is 4.70. The Kier molecular flexibility index (Phi) is 5.90. The molecule has 0 heterocycles. The molecule has 0 saturated carbocycles. The fourth-order valence-corrected chi connectivity index (χ4v) is 3.36. The highest BCUT2D eigenvalue weighted by Gasteiger charge is 2.14. The van der Waals surface area contributed by atoms with Crippen LogP contribution in [0.4, 0.5) is 17.6 Å². The second kappa shape index (κ2) is 7.69. The van der Waals surface area contributed by atoms with Crippen LogP contribution in [0.2, 0.25) is 0 Å². The second-order valence-electron chi connectivity index (χ2n) is 4.22. The average molecular weight is 346 g/mol. The number of carbonyl (C=O) groups is 1. The van der Waals surface area contributed by atoms with E-state index >= 15 is 0 Å². The first kappa shape index (κ1) is 16.9. The molecule has 2 rings (SSSR count). The van der Waals surface area contributed by atoms with Crippen LogP contribution in [0.5, 0.6) is 0 Å². The third-order valence-electron chi connectivity index (χ3n) is 2.59. The predicted molar refractivity (Wildman–Crippen MR) is 79.2 cm³/mol. The van der Waals surface area contributed by atoms with E-state index in [4.69, 9.17) is 0 Å². The quantitative estimate of drug-likeness (QED) is 0.558. The molecule has 0 unspecified atom stereocenters. The number of hydrogen-bond donors (Lipinski definition) is 0. The number of carbonyl (C=O) groups excluding carboxylic acids is 1. The molecular weight excluding hydrogens is 336 g/mol. The van der Waals surface area contributed by atoms with Gasteiger partial charge in [0, 0.05) is 0 Å². The van der Waals surface area contributed by atoms with E-state index < -0.39 is 23.3 Å². The van der Waals surface area contributed by atoms with Crippen LogP contribution in [0, 0.1) is 23.3 Å². The summed E-state index contributed by atoms with van der Waals surface area (Å²) in [6, 6.07) is 6.85. The van der Waals surface area contributed by atoms with Crippen LogP contribution in [0.1, 0.15) is 0 Å². The van der Waals surface area contributed by atoms with Gasteiger partial charge in [0.25, 0.3) is 0 Å². The van der Waals surface area contributed by atoms with Gasteiger partial charge < -0.3 is 0 Å². The molecule has 7 heteroatoms. The molecule has 0 saturated heterocycles. The smallest absolute Gasteiger partial charge is 0.153 e. The fraction of sp³-hybridized carbons (Fsp3) is 0.133. The molecule has 0 aromatic heterocycles. The normalized spacial score (nSPS) is 10.7. The molecule has 0 aliphatic carbocycles. The SMILES string of the molecule is O=C(CSc1c(F)cccc1F)CSc1c(F)cccc1F. The van der Waals surface area contributed by atoms with Gasteiger partial charge in [-0.05, 0) is 24.3 Å². The Morgan fingerprint density at radius 3 is 1.36 bits per heavy atom. The van der Waals surface area contributed by atoms with E-state index in [0.29, 0.717) is 0 Å². The molecule has 0 aliphatic heterocycles. The van der Waals surface area contributed by atoms with E-state index in [1.54, 1.807) is 0 Å². The number of rotatable bonds is 6. The van der Waals surface area contributed by atoms with E-state index in [1.807, 2.05) is 0 Å². The Morgan fingerprint density at radius 1 is 0.727 bits per heavy atom. The van der Waals surface area contributed by atoms with E-state index in [0.717, 1.165) is 47.8 Å². The van der Waals surface area contributed by atoms with Gasteiger partial charge in [0.1, 0.15) is 23.3 Å². The first-order chi connectivity index (χ1) is 10.5. The monoisotopic (exact) mass is 346 g/mol.